The molecule has 5 nitrogen and oxygen atoms in total. The van der Waals surface area contributed by atoms with E-state index in [1.54, 1.807) is 0 Å². The molecule has 0 bridgehead atoms. The van der Waals surface area contributed by atoms with Crippen molar-refractivity contribution in [1.82, 2.24) is 19.6 Å². The van der Waals surface area contributed by atoms with Gasteiger partial charge in [0.1, 0.15) is 0 Å². The Balaban J connectivity index is 1.67. The van der Waals surface area contributed by atoms with Crippen molar-refractivity contribution in [2.45, 2.75) is 46.2 Å². The first-order valence-corrected chi connectivity index (χ1v) is 7.94. The maximum Gasteiger partial charge on any atom is 0.232 e. The number of aromatic nitrogens is 2. The Morgan fingerprint density at radius 1 is 1.38 bits per heavy atom. The van der Waals surface area contributed by atoms with Crippen LogP contribution < -0.4 is 0 Å². The molecule has 2 aliphatic heterocycles. The first kappa shape index (κ1) is 14.6. The standard InChI is InChI=1S/C16H26N4O/c1-12(2)20-11-16(15(20)21)6-5-7-19(10-16)9-14-8-13(3)17-18(14)4/h8,12H,5-7,9-11H2,1-4H3/t16-/m1/s1. The van der Waals surface area contributed by atoms with Crippen LogP contribution in [-0.2, 0) is 18.4 Å². The molecule has 0 saturated carbocycles. The average Bonchev–Trinajstić information content (AvgIpc) is 2.74. The normalized spacial score (nSPS) is 26.7. The van der Waals surface area contributed by atoms with Crippen LogP contribution >= 0.6 is 0 Å². The van der Waals surface area contributed by atoms with E-state index >= 15 is 0 Å². The third-order valence-corrected chi connectivity index (χ3v) is 4.95. The van der Waals surface area contributed by atoms with Crippen molar-refractivity contribution in [2.24, 2.45) is 12.5 Å². The lowest BCUT2D eigenvalue weighted by Gasteiger charge is -2.54. The minimum absolute atomic E-state index is 0.101. The molecular formula is C16H26N4O. The Hall–Kier alpha value is -1.36. The summed E-state index contributed by atoms with van der Waals surface area (Å²) in [6.07, 6.45) is 2.17. The van der Waals surface area contributed by atoms with Crippen LogP contribution in [0.1, 0.15) is 38.1 Å². The van der Waals surface area contributed by atoms with Crippen molar-refractivity contribution in [3.05, 3.63) is 17.5 Å². The summed E-state index contributed by atoms with van der Waals surface area (Å²) in [4.78, 5) is 17.0. The van der Waals surface area contributed by atoms with Crippen molar-refractivity contribution >= 4 is 5.91 Å². The van der Waals surface area contributed by atoms with Crippen LogP contribution in [0.5, 0.6) is 0 Å². The number of amides is 1. The SMILES string of the molecule is Cc1cc(CN2CCC[C@@]3(C2)CN(C(C)C)C3=O)n(C)n1. The molecule has 3 rings (SSSR count). The topological polar surface area (TPSA) is 41.4 Å². The third-order valence-electron chi connectivity index (χ3n) is 4.95. The fourth-order valence-electron chi connectivity index (χ4n) is 3.80. The van der Waals surface area contributed by atoms with Crippen molar-refractivity contribution in [1.29, 1.82) is 0 Å². The van der Waals surface area contributed by atoms with Gasteiger partial charge in [0.25, 0.3) is 0 Å². The Morgan fingerprint density at radius 3 is 2.71 bits per heavy atom. The average molecular weight is 290 g/mol. The number of carbonyl (C=O) groups excluding carboxylic acids is 1. The van der Waals surface area contributed by atoms with E-state index in [1.165, 1.54) is 5.69 Å². The number of nitrogens with zero attached hydrogens (tertiary/aromatic N) is 4. The van der Waals surface area contributed by atoms with Gasteiger partial charge in [-0.25, -0.2) is 0 Å². The number of rotatable bonds is 3. The van der Waals surface area contributed by atoms with Crippen LogP contribution in [0.15, 0.2) is 6.07 Å². The second kappa shape index (κ2) is 5.13. The van der Waals surface area contributed by atoms with Crippen LogP contribution in [0.2, 0.25) is 0 Å². The van der Waals surface area contributed by atoms with Gasteiger partial charge in [0.15, 0.2) is 0 Å². The summed E-state index contributed by atoms with van der Waals surface area (Å²) in [6.45, 7) is 10.0. The number of piperidine rings is 1. The van der Waals surface area contributed by atoms with Crippen LogP contribution in [0, 0.1) is 12.3 Å². The Bertz CT molecular complexity index is 550. The van der Waals surface area contributed by atoms with Gasteiger partial charge in [-0.15, -0.1) is 0 Å². The zero-order valence-corrected chi connectivity index (χ0v) is 13.6. The highest BCUT2D eigenvalue weighted by Crippen LogP contribution is 2.41. The monoisotopic (exact) mass is 290 g/mol. The van der Waals surface area contributed by atoms with E-state index in [9.17, 15) is 4.79 Å². The van der Waals surface area contributed by atoms with Crippen molar-refractivity contribution in [2.75, 3.05) is 19.6 Å². The predicted molar refractivity (Wildman–Crippen MR) is 81.7 cm³/mol. The molecule has 0 aromatic carbocycles. The van der Waals surface area contributed by atoms with E-state index in [2.05, 4.69) is 29.9 Å². The molecule has 116 valence electrons. The van der Waals surface area contributed by atoms with E-state index in [0.717, 1.165) is 44.7 Å². The number of hydrogen-bond acceptors (Lipinski definition) is 3. The highest BCUT2D eigenvalue weighted by Gasteiger charge is 2.54. The summed E-state index contributed by atoms with van der Waals surface area (Å²) >= 11 is 0. The van der Waals surface area contributed by atoms with Crippen molar-refractivity contribution < 1.29 is 4.79 Å². The zero-order chi connectivity index (χ0) is 15.2. The highest BCUT2D eigenvalue weighted by molar-refractivity contribution is 5.89. The van der Waals surface area contributed by atoms with Gasteiger partial charge in [0.05, 0.1) is 16.8 Å². The summed E-state index contributed by atoms with van der Waals surface area (Å²) < 4.78 is 1.96. The predicted octanol–water partition coefficient (Wildman–Crippen LogP) is 1.56. The first-order chi connectivity index (χ1) is 9.91. The van der Waals surface area contributed by atoms with Gasteiger partial charge in [-0.3, -0.25) is 14.4 Å². The molecule has 0 N–H and O–H groups in total. The molecule has 0 unspecified atom stereocenters. The Labute approximate surface area is 126 Å². The number of hydrogen-bond donors (Lipinski definition) is 0. The zero-order valence-electron chi connectivity index (χ0n) is 13.6. The maximum atomic E-state index is 12.5. The lowest BCUT2D eigenvalue weighted by molar-refractivity contribution is -0.169. The lowest BCUT2D eigenvalue weighted by atomic mass is 9.71. The summed E-state index contributed by atoms with van der Waals surface area (Å²) in [6, 6.07) is 2.47. The second-order valence-corrected chi connectivity index (χ2v) is 7.02. The molecule has 3 heterocycles. The molecule has 2 aliphatic rings. The van der Waals surface area contributed by atoms with E-state index in [-0.39, 0.29) is 5.41 Å². The highest BCUT2D eigenvalue weighted by atomic mass is 16.2. The fourth-order valence-corrected chi connectivity index (χ4v) is 3.80. The quantitative estimate of drug-likeness (QED) is 0.793. The molecule has 5 heteroatoms. The van der Waals surface area contributed by atoms with E-state index in [4.69, 9.17) is 0 Å². The van der Waals surface area contributed by atoms with Gasteiger partial charge in [-0.2, -0.15) is 5.10 Å². The van der Waals surface area contributed by atoms with E-state index in [0.29, 0.717) is 11.9 Å². The van der Waals surface area contributed by atoms with Gasteiger partial charge in [0.2, 0.25) is 5.91 Å². The largest absolute Gasteiger partial charge is 0.339 e. The molecule has 1 atom stereocenters. The molecular weight excluding hydrogens is 264 g/mol. The smallest absolute Gasteiger partial charge is 0.232 e. The summed E-state index contributed by atoms with van der Waals surface area (Å²) in [5, 5.41) is 4.41. The molecule has 2 fully saturated rings. The molecule has 1 aromatic heterocycles. The molecule has 0 radical (unpaired) electrons. The molecule has 0 aliphatic carbocycles. The Morgan fingerprint density at radius 2 is 2.14 bits per heavy atom. The van der Waals surface area contributed by atoms with Crippen LogP contribution in [-0.4, -0.2) is 51.2 Å². The Kier molecular flexibility index (Phi) is 3.56. The summed E-state index contributed by atoms with van der Waals surface area (Å²) in [7, 11) is 2.00. The van der Waals surface area contributed by atoms with Gasteiger partial charge in [-0.1, -0.05) is 0 Å². The lowest BCUT2D eigenvalue weighted by Crippen LogP contribution is -2.68. The summed E-state index contributed by atoms with van der Waals surface area (Å²) in [5.74, 6) is 0.364. The van der Waals surface area contributed by atoms with Gasteiger partial charge >= 0.3 is 0 Å². The molecule has 1 amide bonds. The van der Waals surface area contributed by atoms with Gasteiger partial charge < -0.3 is 4.90 Å². The third kappa shape index (κ3) is 2.48. The van der Waals surface area contributed by atoms with Crippen LogP contribution in [0.3, 0.4) is 0 Å². The minimum Gasteiger partial charge on any atom is -0.339 e. The van der Waals surface area contributed by atoms with Crippen LogP contribution in [0.25, 0.3) is 0 Å². The summed E-state index contributed by atoms with van der Waals surface area (Å²) in [5.41, 5.74) is 2.19. The molecule has 1 spiro atoms. The minimum atomic E-state index is -0.101. The van der Waals surface area contributed by atoms with Crippen LogP contribution in [0.4, 0.5) is 0 Å². The number of β-lactam (4-membered cyclic amide) rings is 1. The van der Waals surface area contributed by atoms with Gasteiger partial charge in [0, 0.05) is 32.7 Å². The molecule has 21 heavy (non-hydrogen) atoms. The molecule has 1 aromatic rings. The fraction of sp³-hybridized carbons (Fsp3) is 0.750. The second-order valence-electron chi connectivity index (χ2n) is 7.02. The number of carbonyl (C=O) groups is 1. The maximum absolute atomic E-state index is 12.5. The van der Waals surface area contributed by atoms with E-state index in [1.807, 2.05) is 23.6 Å². The van der Waals surface area contributed by atoms with Crippen molar-refractivity contribution in [3.8, 4) is 0 Å². The van der Waals surface area contributed by atoms with E-state index < -0.39 is 0 Å². The number of likely N-dealkylation sites (tertiary alicyclic amines) is 2. The number of aryl methyl sites for hydroxylation is 2. The van der Waals surface area contributed by atoms with Gasteiger partial charge in [-0.05, 0) is 46.2 Å². The van der Waals surface area contributed by atoms with Crippen molar-refractivity contribution in [3.63, 3.8) is 0 Å². The first-order valence-electron chi connectivity index (χ1n) is 7.94. The molecule has 2 saturated heterocycles.